The zero-order valence-electron chi connectivity index (χ0n) is 15.1. The molecule has 2 N–H and O–H groups in total. The van der Waals surface area contributed by atoms with Gasteiger partial charge in [0.25, 0.3) is 11.8 Å². The van der Waals surface area contributed by atoms with Gasteiger partial charge in [0.1, 0.15) is 11.5 Å². The number of carbonyl (C=O) groups excluding carboxylic acids is 2. The number of ether oxygens (including phenoxy) is 2. The molecule has 144 valence electrons. The van der Waals surface area contributed by atoms with Crippen LogP contribution in [-0.4, -0.2) is 24.5 Å². The van der Waals surface area contributed by atoms with E-state index in [9.17, 15) is 9.59 Å². The molecule has 0 bridgehead atoms. The minimum Gasteiger partial charge on any atom is -0.490 e. The lowest BCUT2D eigenvalue weighted by Crippen LogP contribution is -2.44. The number of benzene rings is 2. The molecular weight excluding hydrogens is 436 g/mol. The van der Waals surface area contributed by atoms with E-state index in [2.05, 4.69) is 26.8 Å². The molecule has 0 radical (unpaired) electrons. The summed E-state index contributed by atoms with van der Waals surface area (Å²) in [4.78, 5) is 24.3. The second-order valence-electron chi connectivity index (χ2n) is 6.01. The lowest BCUT2D eigenvalue weighted by Gasteiger charge is -2.15. The number of amides is 2. The monoisotopic (exact) mass is 454 g/mol. The molecular formula is C19H20BrClN2O4. The standard InChI is InChI=1S/C19H20BrClN2O4/c1-11(2)27-17-6-4-13(20)9-15(17)19(25)23-22-18(24)10-26-16-7-5-14(21)8-12(16)3/h4-9,11H,10H2,1-3H3,(H,22,24)(H,23,25). The first kappa shape index (κ1) is 21.1. The Labute approximate surface area is 171 Å². The highest BCUT2D eigenvalue weighted by Crippen LogP contribution is 2.24. The van der Waals surface area contributed by atoms with Gasteiger partial charge in [-0.1, -0.05) is 27.5 Å². The fourth-order valence-corrected chi connectivity index (χ4v) is 2.77. The Balaban J connectivity index is 1.93. The van der Waals surface area contributed by atoms with Gasteiger partial charge in [0.2, 0.25) is 0 Å². The highest BCUT2D eigenvalue weighted by Gasteiger charge is 2.15. The third-order valence-corrected chi connectivity index (χ3v) is 4.09. The molecule has 0 saturated carbocycles. The van der Waals surface area contributed by atoms with Crippen molar-refractivity contribution in [3.63, 3.8) is 0 Å². The topological polar surface area (TPSA) is 76.7 Å². The molecule has 0 fully saturated rings. The van der Waals surface area contributed by atoms with E-state index >= 15 is 0 Å². The molecule has 0 unspecified atom stereocenters. The lowest BCUT2D eigenvalue weighted by molar-refractivity contribution is -0.123. The maximum Gasteiger partial charge on any atom is 0.276 e. The van der Waals surface area contributed by atoms with Crippen LogP contribution in [0.15, 0.2) is 40.9 Å². The molecule has 27 heavy (non-hydrogen) atoms. The summed E-state index contributed by atoms with van der Waals surface area (Å²) in [5, 5.41) is 0.588. The third kappa shape index (κ3) is 6.45. The molecule has 8 heteroatoms. The minimum absolute atomic E-state index is 0.0941. The summed E-state index contributed by atoms with van der Waals surface area (Å²) < 4.78 is 11.8. The van der Waals surface area contributed by atoms with Crippen molar-refractivity contribution < 1.29 is 19.1 Å². The van der Waals surface area contributed by atoms with Gasteiger partial charge in [-0.25, -0.2) is 0 Å². The summed E-state index contributed by atoms with van der Waals surface area (Å²) in [7, 11) is 0. The van der Waals surface area contributed by atoms with Crippen molar-refractivity contribution in [3.8, 4) is 11.5 Å². The summed E-state index contributed by atoms with van der Waals surface area (Å²) in [5.41, 5.74) is 5.79. The molecule has 2 amide bonds. The van der Waals surface area contributed by atoms with Crippen LogP contribution in [0.5, 0.6) is 11.5 Å². The first-order chi connectivity index (χ1) is 12.8. The molecule has 2 aromatic rings. The van der Waals surface area contributed by atoms with Crippen molar-refractivity contribution in [3.05, 3.63) is 57.0 Å². The summed E-state index contributed by atoms with van der Waals surface area (Å²) in [6.45, 7) is 5.30. The predicted molar refractivity (Wildman–Crippen MR) is 107 cm³/mol. The van der Waals surface area contributed by atoms with Gasteiger partial charge in [-0.05, 0) is 62.7 Å². The molecule has 0 spiro atoms. The Morgan fingerprint density at radius 2 is 1.81 bits per heavy atom. The van der Waals surface area contributed by atoms with Crippen molar-refractivity contribution in [2.75, 3.05) is 6.61 Å². The van der Waals surface area contributed by atoms with E-state index in [1.54, 1.807) is 36.4 Å². The van der Waals surface area contributed by atoms with Crippen LogP contribution in [-0.2, 0) is 4.79 Å². The van der Waals surface area contributed by atoms with Gasteiger partial charge in [-0.2, -0.15) is 0 Å². The molecule has 0 aliphatic heterocycles. The largest absolute Gasteiger partial charge is 0.490 e. The molecule has 0 aliphatic rings. The molecule has 0 heterocycles. The van der Waals surface area contributed by atoms with Crippen molar-refractivity contribution in [2.24, 2.45) is 0 Å². The number of hydrogen-bond acceptors (Lipinski definition) is 4. The summed E-state index contributed by atoms with van der Waals surface area (Å²) in [5.74, 6) is -0.0320. The number of aryl methyl sites for hydroxylation is 1. The van der Waals surface area contributed by atoms with Gasteiger partial charge in [0.15, 0.2) is 6.61 Å². The van der Waals surface area contributed by atoms with E-state index in [4.69, 9.17) is 21.1 Å². The van der Waals surface area contributed by atoms with Crippen LogP contribution in [0.4, 0.5) is 0 Å². The van der Waals surface area contributed by atoms with Gasteiger partial charge in [0.05, 0.1) is 11.7 Å². The molecule has 2 aromatic carbocycles. The minimum atomic E-state index is -0.501. The normalized spacial score (nSPS) is 10.4. The number of halogens is 2. The Bertz CT molecular complexity index is 842. The van der Waals surface area contributed by atoms with E-state index in [1.807, 2.05) is 20.8 Å². The Kier molecular flexibility index (Phi) is 7.50. The van der Waals surface area contributed by atoms with E-state index in [1.165, 1.54) is 0 Å². The molecule has 2 rings (SSSR count). The Morgan fingerprint density at radius 3 is 2.48 bits per heavy atom. The predicted octanol–water partition coefficient (Wildman–Crippen LogP) is 4.04. The third-order valence-electron chi connectivity index (χ3n) is 3.36. The highest BCUT2D eigenvalue weighted by molar-refractivity contribution is 9.10. The average molecular weight is 456 g/mol. The number of carbonyl (C=O) groups is 2. The summed E-state index contributed by atoms with van der Waals surface area (Å²) in [6, 6.07) is 10.2. The highest BCUT2D eigenvalue weighted by atomic mass is 79.9. The Hall–Kier alpha value is -2.25. The second kappa shape index (κ2) is 9.62. The van der Waals surface area contributed by atoms with Crippen LogP contribution in [0.1, 0.15) is 29.8 Å². The summed E-state index contributed by atoms with van der Waals surface area (Å²) >= 11 is 9.20. The van der Waals surface area contributed by atoms with E-state index < -0.39 is 11.8 Å². The fraction of sp³-hybridized carbons (Fsp3) is 0.263. The number of nitrogens with one attached hydrogen (secondary N) is 2. The van der Waals surface area contributed by atoms with Gasteiger partial charge < -0.3 is 9.47 Å². The lowest BCUT2D eigenvalue weighted by atomic mass is 10.2. The maximum atomic E-state index is 12.4. The molecule has 0 atom stereocenters. The zero-order valence-corrected chi connectivity index (χ0v) is 17.5. The molecule has 0 saturated heterocycles. The van der Waals surface area contributed by atoms with Gasteiger partial charge in [-0.15, -0.1) is 0 Å². The molecule has 0 aliphatic carbocycles. The first-order valence-electron chi connectivity index (χ1n) is 8.20. The van der Waals surface area contributed by atoms with Crippen molar-refractivity contribution in [2.45, 2.75) is 26.9 Å². The van der Waals surface area contributed by atoms with Crippen molar-refractivity contribution in [1.29, 1.82) is 0 Å². The maximum absolute atomic E-state index is 12.4. The van der Waals surface area contributed by atoms with Gasteiger partial charge >= 0.3 is 0 Å². The van der Waals surface area contributed by atoms with E-state index in [-0.39, 0.29) is 12.7 Å². The first-order valence-corrected chi connectivity index (χ1v) is 9.37. The fourth-order valence-electron chi connectivity index (χ4n) is 2.18. The van der Waals surface area contributed by atoms with E-state index in [0.29, 0.717) is 22.1 Å². The van der Waals surface area contributed by atoms with Crippen LogP contribution in [0.3, 0.4) is 0 Å². The van der Waals surface area contributed by atoms with Crippen molar-refractivity contribution in [1.82, 2.24) is 10.9 Å². The average Bonchev–Trinajstić information content (AvgIpc) is 2.60. The quantitative estimate of drug-likeness (QED) is 0.645. The van der Waals surface area contributed by atoms with Crippen LogP contribution >= 0.6 is 27.5 Å². The van der Waals surface area contributed by atoms with Gasteiger partial charge in [-0.3, -0.25) is 20.4 Å². The number of hydrazine groups is 1. The van der Waals surface area contributed by atoms with Crippen LogP contribution in [0, 0.1) is 6.92 Å². The summed E-state index contributed by atoms with van der Waals surface area (Å²) in [6.07, 6.45) is -0.0941. The van der Waals surface area contributed by atoms with E-state index in [0.717, 1.165) is 10.0 Å². The second-order valence-corrected chi connectivity index (χ2v) is 7.36. The van der Waals surface area contributed by atoms with Crippen LogP contribution in [0.2, 0.25) is 5.02 Å². The Morgan fingerprint density at radius 1 is 1.11 bits per heavy atom. The van der Waals surface area contributed by atoms with Gasteiger partial charge in [0, 0.05) is 9.50 Å². The molecule has 6 nitrogen and oxygen atoms in total. The van der Waals surface area contributed by atoms with Crippen LogP contribution < -0.4 is 20.3 Å². The number of hydrogen-bond donors (Lipinski definition) is 2. The zero-order chi connectivity index (χ0) is 20.0. The number of rotatable bonds is 6. The smallest absolute Gasteiger partial charge is 0.276 e. The molecule has 0 aromatic heterocycles. The van der Waals surface area contributed by atoms with Crippen LogP contribution in [0.25, 0.3) is 0 Å². The van der Waals surface area contributed by atoms with Crippen molar-refractivity contribution >= 4 is 39.3 Å². The SMILES string of the molecule is Cc1cc(Cl)ccc1OCC(=O)NNC(=O)c1cc(Br)ccc1OC(C)C.